The average molecular weight is 243 g/mol. The van der Waals surface area contributed by atoms with Crippen LogP contribution < -0.4 is 15.4 Å². The maximum Gasteiger partial charge on any atom is 0.238 e. The molecule has 1 aromatic carbocycles. The van der Waals surface area contributed by atoms with Crippen LogP contribution in [0.5, 0.6) is 5.75 Å². The van der Waals surface area contributed by atoms with Crippen LogP contribution in [0, 0.1) is 0 Å². The quantitative estimate of drug-likeness (QED) is 0.829. The maximum atomic E-state index is 11.3. The molecule has 0 aromatic heterocycles. The minimum absolute atomic E-state index is 0.109. The zero-order chi connectivity index (χ0) is 12.0. The number of amides is 1. The van der Waals surface area contributed by atoms with Gasteiger partial charge in [0.25, 0.3) is 0 Å². The molecule has 0 aliphatic carbocycles. The lowest BCUT2D eigenvalue weighted by molar-refractivity contribution is -0.115. The summed E-state index contributed by atoms with van der Waals surface area (Å²) in [6.07, 6.45) is 0. The molecule has 0 unspecified atom stereocenters. The standard InChI is InChI=1S/C11H15ClN2O2/c1-3-16-10-5-4-8(6-9(10)12)14-11(15)7-13-2/h4-6,13H,3,7H2,1-2H3,(H,14,15). The van der Waals surface area contributed by atoms with Gasteiger partial charge in [-0.25, -0.2) is 0 Å². The molecule has 0 aliphatic rings. The van der Waals surface area contributed by atoms with Crippen molar-refractivity contribution in [1.29, 1.82) is 0 Å². The Hall–Kier alpha value is -1.26. The van der Waals surface area contributed by atoms with Gasteiger partial charge in [0.15, 0.2) is 0 Å². The molecule has 0 fully saturated rings. The lowest BCUT2D eigenvalue weighted by atomic mass is 10.3. The first kappa shape index (κ1) is 12.8. The molecule has 88 valence electrons. The van der Waals surface area contributed by atoms with Crippen LogP contribution in [0.4, 0.5) is 5.69 Å². The van der Waals surface area contributed by atoms with E-state index in [-0.39, 0.29) is 12.5 Å². The van der Waals surface area contributed by atoms with E-state index >= 15 is 0 Å². The summed E-state index contributed by atoms with van der Waals surface area (Å²) in [6, 6.07) is 5.16. The number of likely N-dealkylation sites (N-methyl/N-ethyl adjacent to an activating group) is 1. The number of ether oxygens (including phenoxy) is 1. The third-order valence-corrected chi connectivity index (χ3v) is 2.15. The van der Waals surface area contributed by atoms with Gasteiger partial charge < -0.3 is 15.4 Å². The van der Waals surface area contributed by atoms with Gasteiger partial charge in [-0.05, 0) is 32.2 Å². The van der Waals surface area contributed by atoms with Gasteiger partial charge in [-0.2, -0.15) is 0 Å². The molecule has 0 aliphatic heterocycles. The minimum atomic E-state index is -0.109. The van der Waals surface area contributed by atoms with E-state index in [1.54, 1.807) is 25.2 Å². The topological polar surface area (TPSA) is 50.4 Å². The van der Waals surface area contributed by atoms with Crippen LogP contribution in [0.3, 0.4) is 0 Å². The van der Waals surface area contributed by atoms with Gasteiger partial charge in [0.1, 0.15) is 5.75 Å². The van der Waals surface area contributed by atoms with Crippen LogP contribution in [-0.2, 0) is 4.79 Å². The summed E-state index contributed by atoms with van der Waals surface area (Å²) in [5, 5.41) is 5.97. The largest absolute Gasteiger partial charge is 0.492 e. The zero-order valence-electron chi connectivity index (χ0n) is 9.34. The summed E-state index contributed by atoms with van der Waals surface area (Å²) in [5.74, 6) is 0.513. The van der Waals surface area contributed by atoms with Crippen LogP contribution in [0.15, 0.2) is 18.2 Å². The Morgan fingerprint density at radius 3 is 2.81 bits per heavy atom. The predicted octanol–water partition coefficient (Wildman–Crippen LogP) is 1.90. The van der Waals surface area contributed by atoms with Crippen molar-refractivity contribution in [3.63, 3.8) is 0 Å². The Kier molecular flexibility index (Phi) is 5.08. The van der Waals surface area contributed by atoms with Crippen molar-refractivity contribution in [2.24, 2.45) is 0 Å². The second kappa shape index (κ2) is 6.35. The van der Waals surface area contributed by atoms with Crippen molar-refractivity contribution in [3.8, 4) is 5.75 Å². The first-order valence-electron chi connectivity index (χ1n) is 5.04. The predicted molar refractivity (Wildman–Crippen MR) is 65.2 cm³/mol. The lowest BCUT2D eigenvalue weighted by Crippen LogP contribution is -2.24. The van der Waals surface area contributed by atoms with Crippen molar-refractivity contribution in [1.82, 2.24) is 5.32 Å². The molecule has 0 bridgehead atoms. The van der Waals surface area contributed by atoms with Crippen LogP contribution >= 0.6 is 11.6 Å². The van der Waals surface area contributed by atoms with E-state index < -0.39 is 0 Å². The molecule has 0 saturated carbocycles. The Bertz CT molecular complexity index is 369. The van der Waals surface area contributed by atoms with Crippen molar-refractivity contribution >= 4 is 23.2 Å². The van der Waals surface area contributed by atoms with E-state index in [1.165, 1.54) is 0 Å². The molecule has 1 amide bonds. The van der Waals surface area contributed by atoms with E-state index in [0.717, 1.165) is 0 Å². The highest BCUT2D eigenvalue weighted by Crippen LogP contribution is 2.27. The highest BCUT2D eigenvalue weighted by molar-refractivity contribution is 6.32. The van der Waals surface area contributed by atoms with Crippen LogP contribution in [0.2, 0.25) is 5.02 Å². The molecule has 5 heteroatoms. The summed E-state index contributed by atoms with van der Waals surface area (Å²) >= 11 is 5.98. The molecular formula is C11H15ClN2O2. The van der Waals surface area contributed by atoms with Crippen molar-refractivity contribution in [2.45, 2.75) is 6.92 Å². The van der Waals surface area contributed by atoms with E-state index in [1.807, 2.05) is 6.92 Å². The van der Waals surface area contributed by atoms with Crippen LogP contribution in [-0.4, -0.2) is 26.1 Å². The Labute approximate surface area is 99.9 Å². The van der Waals surface area contributed by atoms with Gasteiger partial charge in [-0.1, -0.05) is 11.6 Å². The van der Waals surface area contributed by atoms with E-state index in [0.29, 0.717) is 23.1 Å². The Morgan fingerprint density at radius 1 is 1.50 bits per heavy atom. The maximum absolute atomic E-state index is 11.3. The summed E-state index contributed by atoms with van der Waals surface area (Å²) < 4.78 is 5.29. The molecule has 0 atom stereocenters. The van der Waals surface area contributed by atoms with Gasteiger partial charge >= 0.3 is 0 Å². The highest BCUT2D eigenvalue weighted by atomic mass is 35.5. The molecule has 0 heterocycles. The number of benzene rings is 1. The number of carbonyl (C=O) groups is 1. The fourth-order valence-electron chi connectivity index (χ4n) is 1.22. The number of hydrogen-bond acceptors (Lipinski definition) is 3. The molecule has 4 nitrogen and oxygen atoms in total. The van der Waals surface area contributed by atoms with Gasteiger partial charge in [0.05, 0.1) is 18.2 Å². The molecule has 2 N–H and O–H groups in total. The first-order valence-corrected chi connectivity index (χ1v) is 5.42. The van der Waals surface area contributed by atoms with E-state index in [4.69, 9.17) is 16.3 Å². The summed E-state index contributed by atoms with van der Waals surface area (Å²) in [5.41, 5.74) is 0.661. The molecule has 1 rings (SSSR count). The third-order valence-electron chi connectivity index (χ3n) is 1.85. The summed E-state index contributed by atoms with van der Waals surface area (Å²) in [7, 11) is 1.71. The van der Waals surface area contributed by atoms with Crippen LogP contribution in [0.1, 0.15) is 6.92 Å². The zero-order valence-corrected chi connectivity index (χ0v) is 10.1. The third kappa shape index (κ3) is 3.72. The molecule has 0 spiro atoms. The smallest absolute Gasteiger partial charge is 0.238 e. The molecule has 1 aromatic rings. The second-order valence-electron chi connectivity index (χ2n) is 3.16. The van der Waals surface area contributed by atoms with Gasteiger partial charge in [0.2, 0.25) is 5.91 Å². The number of hydrogen-bond donors (Lipinski definition) is 2. The first-order chi connectivity index (χ1) is 7.67. The average Bonchev–Trinajstić information content (AvgIpc) is 2.22. The minimum Gasteiger partial charge on any atom is -0.492 e. The Balaban J connectivity index is 2.69. The number of anilines is 1. The molecule has 0 radical (unpaired) electrons. The monoisotopic (exact) mass is 242 g/mol. The van der Waals surface area contributed by atoms with Crippen LogP contribution in [0.25, 0.3) is 0 Å². The SMILES string of the molecule is CCOc1ccc(NC(=O)CNC)cc1Cl. The number of rotatable bonds is 5. The molecule has 0 saturated heterocycles. The van der Waals surface area contributed by atoms with E-state index in [9.17, 15) is 4.79 Å². The normalized spacial score (nSPS) is 9.94. The fourth-order valence-corrected chi connectivity index (χ4v) is 1.45. The highest BCUT2D eigenvalue weighted by Gasteiger charge is 2.04. The van der Waals surface area contributed by atoms with Gasteiger partial charge in [0, 0.05) is 5.69 Å². The molecular weight excluding hydrogens is 228 g/mol. The van der Waals surface area contributed by atoms with Crippen molar-refractivity contribution < 1.29 is 9.53 Å². The number of nitrogens with one attached hydrogen (secondary N) is 2. The Morgan fingerprint density at radius 2 is 2.25 bits per heavy atom. The van der Waals surface area contributed by atoms with Crippen molar-refractivity contribution in [2.75, 3.05) is 25.5 Å². The van der Waals surface area contributed by atoms with Crippen molar-refractivity contribution in [3.05, 3.63) is 23.2 Å². The molecule has 16 heavy (non-hydrogen) atoms. The van der Waals surface area contributed by atoms with Gasteiger partial charge in [-0.15, -0.1) is 0 Å². The van der Waals surface area contributed by atoms with Gasteiger partial charge in [-0.3, -0.25) is 4.79 Å². The fraction of sp³-hybridized carbons (Fsp3) is 0.364. The number of carbonyl (C=O) groups excluding carboxylic acids is 1. The number of halogens is 1. The van der Waals surface area contributed by atoms with E-state index in [2.05, 4.69) is 10.6 Å². The lowest BCUT2D eigenvalue weighted by Gasteiger charge is -2.08. The second-order valence-corrected chi connectivity index (χ2v) is 3.56. The summed E-state index contributed by atoms with van der Waals surface area (Å²) in [4.78, 5) is 11.3. The summed E-state index contributed by atoms with van der Waals surface area (Å²) in [6.45, 7) is 2.72.